The first kappa shape index (κ1) is 12.2. The normalized spacial score (nSPS) is 26.2. The first-order chi connectivity index (χ1) is 7.13. The van der Waals surface area contributed by atoms with Crippen molar-refractivity contribution in [2.45, 2.75) is 51.9 Å². The van der Waals surface area contributed by atoms with E-state index in [1.165, 1.54) is 6.42 Å². The van der Waals surface area contributed by atoms with Crippen molar-refractivity contribution in [1.29, 1.82) is 0 Å². The van der Waals surface area contributed by atoms with Gasteiger partial charge in [0.15, 0.2) is 0 Å². The number of hydrogen-bond donors (Lipinski definition) is 1. The molecule has 1 aliphatic rings. The molecule has 1 saturated carbocycles. The van der Waals surface area contributed by atoms with E-state index in [0.717, 1.165) is 25.7 Å². The summed E-state index contributed by atoms with van der Waals surface area (Å²) in [4.78, 5) is 22.1. The van der Waals surface area contributed by atoms with Crippen molar-refractivity contribution < 1.29 is 14.7 Å². The van der Waals surface area contributed by atoms with E-state index in [0.29, 0.717) is 5.92 Å². The molecule has 0 spiro atoms. The summed E-state index contributed by atoms with van der Waals surface area (Å²) in [6.45, 7) is 2.16. The van der Waals surface area contributed by atoms with Crippen LogP contribution in [-0.4, -0.2) is 16.9 Å². The topological polar surface area (TPSA) is 54.4 Å². The van der Waals surface area contributed by atoms with Crippen LogP contribution in [0.25, 0.3) is 0 Å². The zero-order chi connectivity index (χ0) is 11.3. The van der Waals surface area contributed by atoms with E-state index < -0.39 is 5.97 Å². The number of carbonyl (C=O) groups excluding carboxylic acids is 1. The summed E-state index contributed by atoms with van der Waals surface area (Å²) in [5.74, 6) is 0.113. The predicted octanol–water partition coefficient (Wildman–Crippen LogP) is 2.64. The molecule has 3 nitrogen and oxygen atoms in total. The molecule has 0 bridgehead atoms. The molecule has 1 aliphatic carbocycles. The van der Waals surface area contributed by atoms with Gasteiger partial charge in [-0.05, 0) is 18.8 Å². The molecule has 0 heterocycles. The minimum absolute atomic E-state index is 0.00781. The highest BCUT2D eigenvalue weighted by Gasteiger charge is 2.26. The van der Waals surface area contributed by atoms with Gasteiger partial charge in [-0.1, -0.05) is 26.2 Å². The Morgan fingerprint density at radius 3 is 2.60 bits per heavy atom. The number of carboxylic acid groups (broad SMARTS) is 1. The van der Waals surface area contributed by atoms with Gasteiger partial charge in [0.2, 0.25) is 0 Å². The molecule has 2 atom stereocenters. The maximum Gasteiger partial charge on any atom is 0.303 e. The van der Waals surface area contributed by atoms with Gasteiger partial charge in [0, 0.05) is 12.3 Å². The van der Waals surface area contributed by atoms with Crippen LogP contribution in [0.15, 0.2) is 0 Å². The molecule has 0 amide bonds. The lowest BCUT2D eigenvalue weighted by Crippen LogP contribution is -2.23. The van der Waals surface area contributed by atoms with Crippen molar-refractivity contribution in [2.24, 2.45) is 11.8 Å². The lowest BCUT2D eigenvalue weighted by molar-refractivity contribution is -0.139. The maximum atomic E-state index is 11.7. The number of hydrogen-bond acceptors (Lipinski definition) is 2. The van der Waals surface area contributed by atoms with Crippen LogP contribution in [-0.2, 0) is 9.59 Å². The van der Waals surface area contributed by atoms with Crippen molar-refractivity contribution in [1.82, 2.24) is 0 Å². The molecule has 0 saturated heterocycles. The van der Waals surface area contributed by atoms with Gasteiger partial charge in [-0.25, -0.2) is 0 Å². The monoisotopic (exact) mass is 212 g/mol. The zero-order valence-electron chi connectivity index (χ0n) is 9.37. The molecule has 1 fully saturated rings. The van der Waals surface area contributed by atoms with Crippen LogP contribution in [0, 0.1) is 11.8 Å². The van der Waals surface area contributed by atoms with E-state index in [4.69, 9.17) is 5.11 Å². The first-order valence-corrected chi connectivity index (χ1v) is 5.88. The van der Waals surface area contributed by atoms with Gasteiger partial charge in [-0.3, -0.25) is 9.59 Å². The van der Waals surface area contributed by atoms with Crippen LogP contribution in [0.5, 0.6) is 0 Å². The predicted molar refractivity (Wildman–Crippen MR) is 57.6 cm³/mol. The summed E-state index contributed by atoms with van der Waals surface area (Å²) in [7, 11) is 0. The van der Waals surface area contributed by atoms with E-state index in [9.17, 15) is 9.59 Å². The van der Waals surface area contributed by atoms with Gasteiger partial charge in [-0.15, -0.1) is 0 Å². The second-order valence-corrected chi connectivity index (χ2v) is 4.50. The first-order valence-electron chi connectivity index (χ1n) is 5.88. The number of carboxylic acids is 1. The summed E-state index contributed by atoms with van der Waals surface area (Å²) >= 11 is 0. The van der Waals surface area contributed by atoms with Gasteiger partial charge in [0.1, 0.15) is 5.78 Å². The standard InChI is InChI=1S/C12H20O3/c1-2-9-4-3-5-10(8-9)11(13)6-7-12(14)15/h9-10H,2-8H2,1H3,(H,14,15). The highest BCUT2D eigenvalue weighted by atomic mass is 16.4. The summed E-state index contributed by atoms with van der Waals surface area (Å²) in [5.41, 5.74) is 0. The molecule has 3 heteroatoms. The van der Waals surface area contributed by atoms with Gasteiger partial charge in [0.05, 0.1) is 6.42 Å². The molecule has 86 valence electrons. The molecule has 15 heavy (non-hydrogen) atoms. The Hall–Kier alpha value is -0.860. The maximum absolute atomic E-state index is 11.7. The fraction of sp³-hybridized carbons (Fsp3) is 0.833. The Morgan fingerprint density at radius 2 is 2.00 bits per heavy atom. The highest BCUT2D eigenvalue weighted by Crippen LogP contribution is 2.32. The van der Waals surface area contributed by atoms with E-state index in [1.54, 1.807) is 0 Å². The molecule has 0 aromatic rings. The fourth-order valence-electron chi connectivity index (χ4n) is 2.39. The van der Waals surface area contributed by atoms with Gasteiger partial charge >= 0.3 is 5.97 Å². The van der Waals surface area contributed by atoms with Gasteiger partial charge in [-0.2, -0.15) is 0 Å². The lowest BCUT2D eigenvalue weighted by Gasteiger charge is -2.27. The van der Waals surface area contributed by atoms with Crippen molar-refractivity contribution in [3.63, 3.8) is 0 Å². The van der Waals surface area contributed by atoms with E-state index >= 15 is 0 Å². The van der Waals surface area contributed by atoms with Crippen LogP contribution in [0.4, 0.5) is 0 Å². The highest BCUT2D eigenvalue weighted by molar-refractivity contribution is 5.84. The number of aliphatic carboxylic acids is 1. The summed E-state index contributed by atoms with van der Waals surface area (Å²) in [5, 5.41) is 8.51. The van der Waals surface area contributed by atoms with Crippen molar-refractivity contribution in [3.05, 3.63) is 0 Å². The molecule has 0 aromatic heterocycles. The summed E-state index contributed by atoms with van der Waals surface area (Å²) in [6.07, 6.45) is 5.66. The van der Waals surface area contributed by atoms with Crippen LogP contribution in [0.2, 0.25) is 0 Å². The summed E-state index contributed by atoms with van der Waals surface area (Å²) in [6, 6.07) is 0. The third kappa shape index (κ3) is 4.02. The van der Waals surface area contributed by atoms with Crippen LogP contribution >= 0.6 is 0 Å². The number of ketones is 1. The molecular weight excluding hydrogens is 192 g/mol. The lowest BCUT2D eigenvalue weighted by atomic mass is 9.77. The zero-order valence-corrected chi connectivity index (χ0v) is 9.37. The Labute approximate surface area is 90.9 Å². The number of rotatable bonds is 5. The molecule has 0 aromatic carbocycles. The van der Waals surface area contributed by atoms with Crippen molar-refractivity contribution in [2.75, 3.05) is 0 Å². The Morgan fingerprint density at radius 1 is 1.27 bits per heavy atom. The molecule has 0 aliphatic heterocycles. The quantitative estimate of drug-likeness (QED) is 0.762. The van der Waals surface area contributed by atoms with Gasteiger partial charge in [0.25, 0.3) is 0 Å². The van der Waals surface area contributed by atoms with E-state index in [2.05, 4.69) is 6.92 Å². The van der Waals surface area contributed by atoms with Crippen LogP contribution in [0.3, 0.4) is 0 Å². The molecule has 0 radical (unpaired) electrons. The average molecular weight is 212 g/mol. The Bertz CT molecular complexity index is 235. The van der Waals surface area contributed by atoms with Crippen molar-refractivity contribution in [3.8, 4) is 0 Å². The average Bonchev–Trinajstić information content (AvgIpc) is 2.26. The van der Waals surface area contributed by atoms with E-state index in [1.807, 2.05) is 0 Å². The molecular formula is C12H20O3. The largest absolute Gasteiger partial charge is 0.481 e. The Balaban J connectivity index is 2.35. The third-order valence-electron chi connectivity index (χ3n) is 3.40. The van der Waals surface area contributed by atoms with Crippen molar-refractivity contribution >= 4 is 11.8 Å². The smallest absolute Gasteiger partial charge is 0.303 e. The number of carbonyl (C=O) groups is 2. The minimum Gasteiger partial charge on any atom is -0.481 e. The molecule has 1 rings (SSSR count). The van der Waals surface area contributed by atoms with Crippen LogP contribution < -0.4 is 0 Å². The minimum atomic E-state index is -0.869. The molecule has 2 unspecified atom stereocenters. The SMILES string of the molecule is CCC1CCCC(C(=O)CCC(=O)O)C1. The Kier molecular flexibility index (Phi) is 4.79. The number of Topliss-reactive ketones (excluding diaryl/α,β-unsaturated/α-hetero) is 1. The van der Waals surface area contributed by atoms with E-state index in [-0.39, 0.29) is 24.5 Å². The third-order valence-corrected chi connectivity index (χ3v) is 3.40. The van der Waals surface area contributed by atoms with Gasteiger partial charge < -0.3 is 5.11 Å². The molecule has 1 N–H and O–H groups in total. The second-order valence-electron chi connectivity index (χ2n) is 4.50. The van der Waals surface area contributed by atoms with Crippen LogP contribution in [0.1, 0.15) is 51.9 Å². The second kappa shape index (κ2) is 5.89. The fourth-order valence-corrected chi connectivity index (χ4v) is 2.39. The summed E-state index contributed by atoms with van der Waals surface area (Å²) < 4.78 is 0.